The maximum atomic E-state index is 5.99. The lowest BCUT2D eigenvalue weighted by Gasteiger charge is -2.30. The summed E-state index contributed by atoms with van der Waals surface area (Å²) in [4.78, 5) is 7.21. The van der Waals surface area contributed by atoms with Gasteiger partial charge >= 0.3 is 0 Å². The number of hydrogen-bond donors (Lipinski definition) is 0. The molecule has 0 spiro atoms. The van der Waals surface area contributed by atoms with Gasteiger partial charge in [-0.05, 0) is 53.1 Å². The van der Waals surface area contributed by atoms with E-state index in [0.29, 0.717) is 19.8 Å². The summed E-state index contributed by atoms with van der Waals surface area (Å²) in [5.74, 6) is 0.871. The van der Waals surface area contributed by atoms with Crippen molar-refractivity contribution < 1.29 is 23.7 Å². The van der Waals surface area contributed by atoms with Crippen LogP contribution in [0.25, 0.3) is 0 Å². The monoisotopic (exact) mass is 575 g/mol. The fourth-order valence-electron chi connectivity index (χ4n) is 5.39. The molecule has 0 atom stereocenters. The van der Waals surface area contributed by atoms with Crippen molar-refractivity contribution in [1.29, 1.82) is 0 Å². The van der Waals surface area contributed by atoms with Crippen molar-refractivity contribution in [2.45, 2.75) is 19.7 Å². The second-order valence-corrected chi connectivity index (χ2v) is 10.8. The third-order valence-corrected chi connectivity index (χ3v) is 7.74. The van der Waals surface area contributed by atoms with Crippen LogP contribution < -0.4 is 14.5 Å². The molecule has 226 valence electrons. The number of ether oxygens (including phenoxy) is 5. The molecule has 8 nitrogen and oxygen atoms in total. The second kappa shape index (κ2) is 16.5. The zero-order valence-electron chi connectivity index (χ0n) is 24.9. The van der Waals surface area contributed by atoms with E-state index in [4.69, 9.17) is 23.7 Å². The van der Waals surface area contributed by atoms with Crippen molar-refractivity contribution in [3.8, 4) is 5.75 Å². The first kappa shape index (κ1) is 30.3. The Morgan fingerprint density at radius 3 is 2.14 bits per heavy atom. The topological polar surface area (TPSA) is 55.9 Å². The summed E-state index contributed by atoms with van der Waals surface area (Å²) in [6, 6.07) is 25.9. The van der Waals surface area contributed by atoms with E-state index in [1.54, 1.807) is 7.11 Å². The molecule has 5 rings (SSSR count). The standard InChI is InChI=1S/C34H45N3O5/c1-38-34-10-4-6-30(25-34)27-37(26-29-5-2-8-32(23-29)36-14-19-40-20-15-36)33-9-3-7-31(24-33)28-42-22-21-41-18-13-35-11-16-39-17-12-35/h2-10,23-25H,11-22,26-28H2,1H3. The Morgan fingerprint density at radius 1 is 0.690 bits per heavy atom. The highest BCUT2D eigenvalue weighted by atomic mass is 16.5. The SMILES string of the molecule is COc1cccc(CN(Cc2cccc(N3CCOCC3)c2)c2cccc(COCCOCCN3CCOCC3)c2)c1. The molecule has 2 fully saturated rings. The predicted octanol–water partition coefficient (Wildman–Crippen LogP) is 4.60. The van der Waals surface area contributed by atoms with E-state index in [2.05, 4.69) is 81.4 Å². The van der Waals surface area contributed by atoms with Crippen LogP contribution in [0.3, 0.4) is 0 Å². The molecule has 0 saturated carbocycles. The third kappa shape index (κ3) is 9.44. The molecule has 2 heterocycles. The molecule has 0 N–H and O–H groups in total. The minimum atomic E-state index is 0.556. The average Bonchev–Trinajstić information content (AvgIpc) is 3.05. The largest absolute Gasteiger partial charge is 0.497 e. The summed E-state index contributed by atoms with van der Waals surface area (Å²) in [6.45, 7) is 12.0. The van der Waals surface area contributed by atoms with Crippen molar-refractivity contribution in [3.05, 3.63) is 89.5 Å². The highest BCUT2D eigenvalue weighted by Crippen LogP contribution is 2.25. The van der Waals surface area contributed by atoms with Crippen molar-refractivity contribution >= 4 is 11.4 Å². The van der Waals surface area contributed by atoms with Crippen LogP contribution in [0.5, 0.6) is 5.75 Å². The molecule has 2 aliphatic heterocycles. The fourth-order valence-corrected chi connectivity index (χ4v) is 5.39. The van der Waals surface area contributed by atoms with Gasteiger partial charge in [0.25, 0.3) is 0 Å². The van der Waals surface area contributed by atoms with E-state index in [1.807, 2.05) is 6.07 Å². The molecule has 0 unspecified atom stereocenters. The number of rotatable bonds is 15. The van der Waals surface area contributed by atoms with Crippen LogP contribution in [-0.2, 0) is 38.6 Å². The van der Waals surface area contributed by atoms with Gasteiger partial charge in [0.05, 0.1) is 60.0 Å². The minimum Gasteiger partial charge on any atom is -0.497 e. The van der Waals surface area contributed by atoms with E-state index in [-0.39, 0.29) is 0 Å². The smallest absolute Gasteiger partial charge is 0.119 e. The first-order valence-electron chi connectivity index (χ1n) is 15.1. The molecule has 2 saturated heterocycles. The molecule has 2 aliphatic rings. The van der Waals surface area contributed by atoms with Gasteiger partial charge in [0.1, 0.15) is 5.75 Å². The maximum absolute atomic E-state index is 5.99. The third-order valence-electron chi connectivity index (χ3n) is 7.74. The van der Waals surface area contributed by atoms with Crippen molar-refractivity contribution in [1.82, 2.24) is 4.90 Å². The molecule has 0 aliphatic carbocycles. The average molecular weight is 576 g/mol. The number of benzene rings is 3. The van der Waals surface area contributed by atoms with Crippen LogP contribution in [0.1, 0.15) is 16.7 Å². The van der Waals surface area contributed by atoms with Crippen LogP contribution in [0.2, 0.25) is 0 Å². The zero-order valence-corrected chi connectivity index (χ0v) is 24.9. The molecule has 3 aromatic rings. The van der Waals surface area contributed by atoms with Crippen LogP contribution in [0.4, 0.5) is 11.4 Å². The van der Waals surface area contributed by atoms with Crippen molar-refractivity contribution in [2.24, 2.45) is 0 Å². The van der Waals surface area contributed by atoms with Gasteiger partial charge in [0.2, 0.25) is 0 Å². The van der Waals surface area contributed by atoms with Crippen LogP contribution in [0.15, 0.2) is 72.8 Å². The van der Waals surface area contributed by atoms with E-state index >= 15 is 0 Å². The Hall–Kier alpha value is -3.14. The van der Waals surface area contributed by atoms with Gasteiger partial charge in [-0.3, -0.25) is 4.90 Å². The van der Waals surface area contributed by atoms with Gasteiger partial charge in [-0.2, -0.15) is 0 Å². The summed E-state index contributed by atoms with van der Waals surface area (Å²) in [5, 5.41) is 0. The number of anilines is 2. The minimum absolute atomic E-state index is 0.556. The molecule has 0 bridgehead atoms. The molecule has 42 heavy (non-hydrogen) atoms. The molecular weight excluding hydrogens is 530 g/mol. The number of methoxy groups -OCH3 is 1. The van der Waals surface area contributed by atoms with E-state index in [9.17, 15) is 0 Å². The summed E-state index contributed by atoms with van der Waals surface area (Å²) >= 11 is 0. The highest BCUT2D eigenvalue weighted by molar-refractivity contribution is 5.53. The van der Waals surface area contributed by atoms with E-state index < -0.39 is 0 Å². The Balaban J connectivity index is 1.20. The summed E-state index contributed by atoms with van der Waals surface area (Å²) in [5.41, 5.74) is 6.05. The van der Waals surface area contributed by atoms with Gasteiger partial charge in [-0.15, -0.1) is 0 Å². The van der Waals surface area contributed by atoms with Crippen LogP contribution in [0, 0.1) is 0 Å². The Kier molecular flexibility index (Phi) is 11.9. The lowest BCUT2D eigenvalue weighted by Crippen LogP contribution is -2.38. The molecule has 0 radical (unpaired) electrons. The number of morpholine rings is 2. The summed E-state index contributed by atoms with van der Waals surface area (Å²) in [6.07, 6.45) is 0. The lowest BCUT2D eigenvalue weighted by atomic mass is 10.1. The fraction of sp³-hybridized carbons (Fsp3) is 0.471. The molecule has 0 amide bonds. The predicted molar refractivity (Wildman–Crippen MR) is 167 cm³/mol. The first-order chi connectivity index (χ1) is 20.8. The Bertz CT molecular complexity index is 1210. The first-order valence-corrected chi connectivity index (χ1v) is 15.1. The van der Waals surface area contributed by atoms with Crippen LogP contribution >= 0.6 is 0 Å². The highest BCUT2D eigenvalue weighted by Gasteiger charge is 2.14. The molecule has 0 aromatic heterocycles. The van der Waals surface area contributed by atoms with Crippen molar-refractivity contribution in [3.63, 3.8) is 0 Å². The molecular formula is C34H45N3O5. The Labute approximate surface area is 250 Å². The van der Waals surface area contributed by atoms with E-state index in [0.717, 1.165) is 95.8 Å². The summed E-state index contributed by atoms with van der Waals surface area (Å²) < 4.78 is 28.3. The number of hydrogen-bond acceptors (Lipinski definition) is 8. The molecule has 3 aromatic carbocycles. The lowest BCUT2D eigenvalue weighted by molar-refractivity contribution is 0.00585. The zero-order chi connectivity index (χ0) is 28.8. The van der Waals surface area contributed by atoms with Gasteiger partial charge in [0.15, 0.2) is 0 Å². The van der Waals surface area contributed by atoms with Gasteiger partial charge in [-0.1, -0.05) is 36.4 Å². The van der Waals surface area contributed by atoms with E-state index in [1.165, 1.54) is 16.8 Å². The van der Waals surface area contributed by atoms with Crippen LogP contribution in [-0.4, -0.2) is 91.0 Å². The quantitative estimate of drug-likeness (QED) is 0.244. The second-order valence-electron chi connectivity index (χ2n) is 10.8. The van der Waals surface area contributed by atoms with Gasteiger partial charge in [0, 0.05) is 57.2 Å². The summed E-state index contributed by atoms with van der Waals surface area (Å²) in [7, 11) is 1.71. The van der Waals surface area contributed by atoms with Gasteiger partial charge in [-0.25, -0.2) is 0 Å². The maximum Gasteiger partial charge on any atom is 0.119 e. The normalized spacial score (nSPS) is 16.0. The van der Waals surface area contributed by atoms with Crippen molar-refractivity contribution in [2.75, 3.05) is 95.9 Å². The Morgan fingerprint density at radius 2 is 1.36 bits per heavy atom. The van der Waals surface area contributed by atoms with Gasteiger partial charge < -0.3 is 33.5 Å². The number of nitrogens with zero attached hydrogens (tertiary/aromatic N) is 3. The molecule has 8 heteroatoms.